The quantitative estimate of drug-likeness (QED) is 0.873. The van der Waals surface area contributed by atoms with Crippen LogP contribution >= 0.6 is 0 Å². The number of likely N-dealkylation sites (tertiary alicyclic amines) is 1. The molecule has 27 heavy (non-hydrogen) atoms. The van der Waals surface area contributed by atoms with Gasteiger partial charge in [0.15, 0.2) is 0 Å². The van der Waals surface area contributed by atoms with E-state index in [2.05, 4.69) is 0 Å². The summed E-state index contributed by atoms with van der Waals surface area (Å²) in [6, 6.07) is 4.21. The Morgan fingerprint density at radius 1 is 1.19 bits per heavy atom. The summed E-state index contributed by atoms with van der Waals surface area (Å²) >= 11 is 0. The first kappa shape index (κ1) is 18.3. The largest absolute Gasteiger partial charge is 0.481 e. The van der Waals surface area contributed by atoms with E-state index in [1.54, 1.807) is 0 Å². The Kier molecular flexibility index (Phi) is 4.21. The molecule has 0 radical (unpaired) electrons. The Hall–Kier alpha value is -2.09. The standard InChI is InChI=1S/C19H21F3N2O3/c20-19(21,22)12-3-5-14(6-4-12)24-9-7-15(16(24)25)23-10-13-2-1-8-18(13,11-23)17(26)27/h3-6,13,15H,1-2,7-11H2,(H,26,27)/t13-,15?,18+/m0/s1. The second-order valence-corrected chi connectivity index (χ2v) is 7.82. The van der Waals surface area contributed by atoms with E-state index in [-0.39, 0.29) is 11.8 Å². The van der Waals surface area contributed by atoms with Crippen molar-refractivity contribution < 1.29 is 27.9 Å². The van der Waals surface area contributed by atoms with Crippen LogP contribution in [-0.2, 0) is 15.8 Å². The fraction of sp³-hybridized carbons (Fsp3) is 0.579. The van der Waals surface area contributed by atoms with E-state index in [9.17, 15) is 27.9 Å². The third kappa shape index (κ3) is 2.90. The first-order valence-corrected chi connectivity index (χ1v) is 9.18. The summed E-state index contributed by atoms with van der Waals surface area (Å²) in [5.41, 5.74) is -1.05. The highest BCUT2D eigenvalue weighted by molar-refractivity contribution is 5.99. The Bertz CT molecular complexity index is 764. The predicted octanol–water partition coefficient (Wildman–Crippen LogP) is 3.00. The van der Waals surface area contributed by atoms with E-state index in [0.717, 1.165) is 25.0 Å². The summed E-state index contributed by atoms with van der Waals surface area (Å²) in [6.45, 7) is 1.41. The number of benzene rings is 1. The zero-order valence-electron chi connectivity index (χ0n) is 14.7. The minimum absolute atomic E-state index is 0.0721. The van der Waals surface area contributed by atoms with Crippen molar-refractivity contribution in [1.82, 2.24) is 4.90 Å². The fourth-order valence-corrected chi connectivity index (χ4v) is 5.01. The maximum Gasteiger partial charge on any atom is 0.416 e. The van der Waals surface area contributed by atoms with Crippen molar-refractivity contribution in [3.05, 3.63) is 29.8 Å². The van der Waals surface area contributed by atoms with Crippen molar-refractivity contribution in [2.75, 3.05) is 24.5 Å². The van der Waals surface area contributed by atoms with Gasteiger partial charge in [-0.2, -0.15) is 13.2 Å². The molecular formula is C19H21F3N2O3. The molecule has 3 atom stereocenters. The SMILES string of the molecule is O=C1C(N2C[C@@H]3CCC[C@@]3(C(=O)O)C2)CCN1c1ccc(C(F)(F)F)cc1. The Morgan fingerprint density at radius 3 is 2.48 bits per heavy atom. The number of carbonyl (C=O) groups is 2. The molecule has 0 bridgehead atoms. The second-order valence-electron chi connectivity index (χ2n) is 7.82. The van der Waals surface area contributed by atoms with Gasteiger partial charge in [0.25, 0.3) is 0 Å². The monoisotopic (exact) mass is 382 g/mol. The van der Waals surface area contributed by atoms with Gasteiger partial charge in [-0.05, 0) is 49.4 Å². The average molecular weight is 382 g/mol. The third-order valence-corrected chi connectivity index (χ3v) is 6.45. The molecule has 2 saturated heterocycles. The third-order valence-electron chi connectivity index (χ3n) is 6.45. The summed E-state index contributed by atoms with van der Waals surface area (Å²) in [5.74, 6) is -0.865. The van der Waals surface area contributed by atoms with Gasteiger partial charge in [0.1, 0.15) is 0 Å². The van der Waals surface area contributed by atoms with Crippen molar-refractivity contribution in [1.29, 1.82) is 0 Å². The molecule has 0 spiro atoms. The molecule has 8 heteroatoms. The van der Waals surface area contributed by atoms with Crippen molar-refractivity contribution in [2.24, 2.45) is 11.3 Å². The number of alkyl halides is 3. The van der Waals surface area contributed by atoms with Crippen LogP contribution in [0.1, 0.15) is 31.2 Å². The number of halogens is 3. The zero-order valence-corrected chi connectivity index (χ0v) is 14.7. The molecule has 4 rings (SSSR count). The predicted molar refractivity (Wildman–Crippen MR) is 91.2 cm³/mol. The van der Waals surface area contributed by atoms with Gasteiger partial charge in [0.05, 0.1) is 17.0 Å². The number of rotatable bonds is 3. The zero-order chi connectivity index (χ0) is 19.4. The molecule has 5 nitrogen and oxygen atoms in total. The highest BCUT2D eigenvalue weighted by Gasteiger charge is 2.57. The van der Waals surface area contributed by atoms with E-state index in [0.29, 0.717) is 38.2 Å². The van der Waals surface area contributed by atoms with Crippen LogP contribution in [0.15, 0.2) is 24.3 Å². The van der Waals surface area contributed by atoms with Crippen LogP contribution in [0.3, 0.4) is 0 Å². The highest BCUT2D eigenvalue weighted by atomic mass is 19.4. The number of fused-ring (bicyclic) bond motifs is 1. The van der Waals surface area contributed by atoms with Gasteiger partial charge in [0.2, 0.25) is 5.91 Å². The molecular weight excluding hydrogens is 361 g/mol. The van der Waals surface area contributed by atoms with Crippen LogP contribution in [-0.4, -0.2) is 47.6 Å². The molecule has 1 aromatic rings. The Balaban J connectivity index is 1.49. The number of aliphatic carboxylic acids is 1. The summed E-state index contributed by atoms with van der Waals surface area (Å²) < 4.78 is 38.2. The summed E-state index contributed by atoms with van der Waals surface area (Å²) in [6.07, 6.45) is -1.43. The van der Waals surface area contributed by atoms with Gasteiger partial charge in [-0.25, -0.2) is 0 Å². The molecule has 2 heterocycles. The van der Waals surface area contributed by atoms with Gasteiger partial charge < -0.3 is 10.0 Å². The molecule has 1 saturated carbocycles. The van der Waals surface area contributed by atoms with Crippen molar-refractivity contribution in [3.63, 3.8) is 0 Å². The van der Waals surface area contributed by atoms with E-state index in [1.165, 1.54) is 17.0 Å². The second kappa shape index (κ2) is 6.22. The van der Waals surface area contributed by atoms with Gasteiger partial charge in [-0.3, -0.25) is 14.5 Å². The topological polar surface area (TPSA) is 60.9 Å². The molecule has 1 aliphatic carbocycles. The summed E-state index contributed by atoms with van der Waals surface area (Å²) in [7, 11) is 0. The smallest absolute Gasteiger partial charge is 0.416 e. The lowest BCUT2D eigenvalue weighted by Crippen LogP contribution is -2.43. The van der Waals surface area contributed by atoms with Crippen LogP contribution in [0.5, 0.6) is 0 Å². The normalized spacial score (nSPS) is 31.5. The van der Waals surface area contributed by atoms with E-state index >= 15 is 0 Å². The lowest BCUT2D eigenvalue weighted by atomic mass is 9.81. The molecule has 1 unspecified atom stereocenters. The average Bonchev–Trinajstić information content (AvgIpc) is 3.26. The molecule has 1 N–H and O–H groups in total. The Labute approximate surface area is 154 Å². The van der Waals surface area contributed by atoms with Gasteiger partial charge in [-0.15, -0.1) is 0 Å². The maximum absolute atomic E-state index is 12.9. The lowest BCUT2D eigenvalue weighted by molar-refractivity contribution is -0.149. The first-order valence-electron chi connectivity index (χ1n) is 9.18. The number of amides is 1. The van der Waals surface area contributed by atoms with E-state index in [1.807, 2.05) is 4.90 Å². The number of carboxylic acids is 1. The summed E-state index contributed by atoms with van der Waals surface area (Å²) in [5, 5.41) is 9.71. The number of carbonyl (C=O) groups excluding carboxylic acids is 1. The lowest BCUT2D eigenvalue weighted by Gasteiger charge is -2.26. The van der Waals surface area contributed by atoms with Crippen LogP contribution < -0.4 is 4.90 Å². The number of anilines is 1. The molecule has 146 valence electrons. The van der Waals surface area contributed by atoms with Crippen LogP contribution in [0, 0.1) is 11.3 Å². The summed E-state index contributed by atoms with van der Waals surface area (Å²) in [4.78, 5) is 28.2. The number of nitrogens with zero attached hydrogens (tertiary/aromatic N) is 2. The maximum atomic E-state index is 12.9. The van der Waals surface area contributed by atoms with E-state index in [4.69, 9.17) is 0 Å². The van der Waals surface area contributed by atoms with Gasteiger partial charge in [-0.1, -0.05) is 6.42 Å². The molecule has 0 aromatic heterocycles. The molecule has 1 aromatic carbocycles. The van der Waals surface area contributed by atoms with Crippen LogP contribution in [0.25, 0.3) is 0 Å². The van der Waals surface area contributed by atoms with Crippen LogP contribution in [0.2, 0.25) is 0 Å². The molecule has 3 fully saturated rings. The number of hydrogen-bond donors (Lipinski definition) is 1. The molecule has 2 aliphatic heterocycles. The van der Waals surface area contributed by atoms with E-state index < -0.39 is 29.2 Å². The minimum atomic E-state index is -4.41. The Morgan fingerprint density at radius 2 is 1.89 bits per heavy atom. The van der Waals surface area contributed by atoms with Gasteiger partial charge >= 0.3 is 12.1 Å². The number of carboxylic acid groups (broad SMARTS) is 1. The molecule has 1 amide bonds. The number of hydrogen-bond acceptors (Lipinski definition) is 3. The molecule has 3 aliphatic rings. The highest BCUT2D eigenvalue weighted by Crippen LogP contribution is 2.50. The van der Waals surface area contributed by atoms with Crippen LogP contribution in [0.4, 0.5) is 18.9 Å². The fourth-order valence-electron chi connectivity index (χ4n) is 5.01. The first-order chi connectivity index (χ1) is 12.7. The minimum Gasteiger partial charge on any atom is -0.481 e. The van der Waals surface area contributed by atoms with Crippen molar-refractivity contribution in [2.45, 2.75) is 37.9 Å². The van der Waals surface area contributed by atoms with Gasteiger partial charge in [0, 0.05) is 25.3 Å². The van der Waals surface area contributed by atoms with Crippen molar-refractivity contribution >= 4 is 17.6 Å². The van der Waals surface area contributed by atoms with Crippen molar-refractivity contribution in [3.8, 4) is 0 Å².